The van der Waals surface area contributed by atoms with Gasteiger partial charge in [-0.25, -0.2) is 0 Å². The zero-order valence-electron chi connectivity index (χ0n) is 21.9. The van der Waals surface area contributed by atoms with Gasteiger partial charge in [-0.2, -0.15) is 8.78 Å². The van der Waals surface area contributed by atoms with Crippen LogP contribution < -0.4 is 16.4 Å². The Balaban J connectivity index is 1.26. The summed E-state index contributed by atoms with van der Waals surface area (Å²) in [5.74, 6) is -1.78. The Morgan fingerprint density at radius 3 is 2.63 bits per heavy atom. The molecule has 1 aliphatic rings. The highest BCUT2D eigenvalue weighted by Gasteiger charge is 2.41. The second-order valence-electron chi connectivity index (χ2n) is 9.69. The number of ether oxygens (including phenoxy) is 1. The van der Waals surface area contributed by atoms with Crippen molar-refractivity contribution >= 4 is 56.8 Å². The minimum Gasteiger partial charge on any atom is -0.456 e. The van der Waals surface area contributed by atoms with Crippen LogP contribution in [-0.2, 0) is 14.3 Å². The highest BCUT2D eigenvalue weighted by Crippen LogP contribution is 2.29. The fourth-order valence-electron chi connectivity index (χ4n) is 4.89. The van der Waals surface area contributed by atoms with E-state index >= 15 is 0 Å². The lowest BCUT2D eigenvalue weighted by Crippen LogP contribution is -2.49. The van der Waals surface area contributed by atoms with Gasteiger partial charge in [0.05, 0.1) is 18.7 Å². The molecule has 3 amide bonds. The number of halogens is 2. The van der Waals surface area contributed by atoms with Crippen LogP contribution in [0.3, 0.4) is 0 Å². The Morgan fingerprint density at radius 2 is 1.90 bits per heavy atom. The number of nitrogen functional groups attached to an aromatic ring is 1. The van der Waals surface area contributed by atoms with Gasteiger partial charge in [-0.05, 0) is 37.3 Å². The van der Waals surface area contributed by atoms with Crippen LogP contribution in [0.1, 0.15) is 40.2 Å². The number of para-hydroxylation sites is 1. The van der Waals surface area contributed by atoms with E-state index in [4.69, 9.17) is 15.6 Å². The minimum atomic E-state index is -3.07. The number of nitrogens with one attached hydrogen (secondary N) is 3. The van der Waals surface area contributed by atoms with Gasteiger partial charge in [0, 0.05) is 45.1 Å². The number of likely N-dealkylation sites (tertiary alicyclic amines) is 1. The van der Waals surface area contributed by atoms with Gasteiger partial charge in [0.15, 0.2) is 0 Å². The Morgan fingerprint density at radius 1 is 1.15 bits per heavy atom. The van der Waals surface area contributed by atoms with E-state index in [2.05, 4.69) is 15.4 Å². The van der Waals surface area contributed by atoms with Crippen molar-refractivity contribution in [1.82, 2.24) is 15.5 Å². The van der Waals surface area contributed by atoms with Gasteiger partial charge in [-0.15, -0.1) is 11.3 Å². The topological polar surface area (TPSA) is 151 Å². The van der Waals surface area contributed by atoms with Crippen molar-refractivity contribution in [3.05, 3.63) is 69.9 Å². The first-order valence-electron chi connectivity index (χ1n) is 12.8. The number of hydrogen-bond donors (Lipinski definition) is 4. The number of alkyl halides is 2. The Hall–Kier alpha value is -4.36. The third kappa shape index (κ3) is 6.05. The number of benzene rings is 2. The number of nitrogens with zero attached hydrogens (tertiary/aromatic N) is 1. The second kappa shape index (κ2) is 11.6. The van der Waals surface area contributed by atoms with Gasteiger partial charge in [0.2, 0.25) is 11.8 Å². The fraction of sp³-hybridized carbons (Fsp3) is 0.286. The minimum absolute atomic E-state index is 0.106. The van der Waals surface area contributed by atoms with Gasteiger partial charge in [-0.3, -0.25) is 19.8 Å². The predicted molar refractivity (Wildman–Crippen MR) is 149 cm³/mol. The van der Waals surface area contributed by atoms with E-state index in [0.29, 0.717) is 22.3 Å². The van der Waals surface area contributed by atoms with Crippen molar-refractivity contribution in [2.24, 2.45) is 5.73 Å². The highest BCUT2D eigenvalue weighted by molar-refractivity contribution is 7.10. The quantitative estimate of drug-likeness (QED) is 0.174. The van der Waals surface area contributed by atoms with Crippen LogP contribution in [0, 0.1) is 5.41 Å². The number of furan rings is 1. The predicted octanol–water partition coefficient (Wildman–Crippen LogP) is 3.75. The van der Waals surface area contributed by atoms with Crippen LogP contribution in [0.4, 0.5) is 8.78 Å². The van der Waals surface area contributed by atoms with Crippen LogP contribution >= 0.6 is 11.3 Å². The molecule has 2 aromatic carbocycles. The van der Waals surface area contributed by atoms with Crippen LogP contribution in [0.25, 0.3) is 21.9 Å². The fourth-order valence-corrected chi connectivity index (χ4v) is 5.81. The molecular formula is C28H27F2N5O5S. The Kier molecular flexibility index (Phi) is 7.99. The lowest BCUT2D eigenvalue weighted by atomic mass is 10.1. The van der Waals surface area contributed by atoms with E-state index in [1.807, 2.05) is 24.3 Å². The molecule has 214 valence electrons. The van der Waals surface area contributed by atoms with Gasteiger partial charge < -0.3 is 30.4 Å². The first-order chi connectivity index (χ1) is 19.6. The molecule has 0 spiro atoms. The number of rotatable bonds is 9. The lowest BCUT2D eigenvalue weighted by Gasteiger charge is -2.25. The summed E-state index contributed by atoms with van der Waals surface area (Å²) < 4.78 is 36.3. The molecule has 3 atom stereocenters. The average Bonchev–Trinajstić information content (AvgIpc) is 3.68. The molecule has 1 fully saturated rings. The van der Waals surface area contributed by atoms with Crippen LogP contribution in [-0.4, -0.2) is 60.3 Å². The molecule has 0 saturated carbocycles. The molecule has 0 aliphatic carbocycles. The van der Waals surface area contributed by atoms with Gasteiger partial charge in [0.25, 0.3) is 5.91 Å². The maximum absolute atomic E-state index is 13.2. The van der Waals surface area contributed by atoms with Crippen LogP contribution in [0.15, 0.2) is 58.3 Å². The molecule has 0 radical (unpaired) electrons. The SMILES string of the molecule is C[C@@H](NC(=O)[C@@H]1C[C@@H](OC(F)F)CN1C(=O)CNC(=O)c1ccc2oc3ccccc3c2c1)c1cc(C(=N)N)cs1. The van der Waals surface area contributed by atoms with Crippen molar-refractivity contribution < 1.29 is 32.3 Å². The zero-order valence-corrected chi connectivity index (χ0v) is 22.7. The van der Waals surface area contributed by atoms with Crippen molar-refractivity contribution in [1.29, 1.82) is 5.41 Å². The number of amidine groups is 1. The molecule has 41 heavy (non-hydrogen) atoms. The van der Waals surface area contributed by atoms with Crippen molar-refractivity contribution in [2.75, 3.05) is 13.1 Å². The average molecular weight is 584 g/mol. The van der Waals surface area contributed by atoms with Crippen LogP contribution in [0.5, 0.6) is 0 Å². The molecule has 4 aromatic rings. The monoisotopic (exact) mass is 583 g/mol. The van der Waals surface area contributed by atoms with E-state index in [-0.39, 0.29) is 18.8 Å². The molecule has 0 unspecified atom stereocenters. The van der Waals surface area contributed by atoms with E-state index in [1.165, 1.54) is 11.3 Å². The number of carbonyl (C=O) groups excluding carboxylic acids is 3. The van der Waals surface area contributed by atoms with E-state index in [1.54, 1.807) is 36.6 Å². The zero-order chi connectivity index (χ0) is 29.3. The molecule has 10 nitrogen and oxygen atoms in total. The molecule has 13 heteroatoms. The molecule has 5 rings (SSSR count). The van der Waals surface area contributed by atoms with Crippen LogP contribution in [0.2, 0.25) is 0 Å². The standard InChI is InChI=1S/C28H27F2N5O5S/c1-14(23-9-16(13-41-23)25(31)32)34-27(38)20-10-17(39-28(29)30)12-35(20)24(36)11-33-26(37)15-6-7-22-19(8-15)18-4-2-3-5-21(18)40-22/h2-9,13-14,17,20,28H,10-12H2,1H3,(H3,31,32)(H,33,37)(H,34,38)/t14-,17-,20+/m1/s1. The normalized spacial score (nSPS) is 17.7. The molecular weight excluding hydrogens is 556 g/mol. The summed E-state index contributed by atoms with van der Waals surface area (Å²) in [5.41, 5.74) is 7.63. The molecule has 3 heterocycles. The van der Waals surface area contributed by atoms with Gasteiger partial charge >= 0.3 is 6.61 Å². The number of thiophene rings is 1. The summed E-state index contributed by atoms with van der Waals surface area (Å²) in [4.78, 5) is 41.1. The Labute approximate surface area is 236 Å². The summed E-state index contributed by atoms with van der Waals surface area (Å²) in [6.45, 7) is -2.02. The number of fused-ring (bicyclic) bond motifs is 3. The van der Waals surface area contributed by atoms with Crippen molar-refractivity contribution in [2.45, 2.75) is 38.1 Å². The lowest BCUT2D eigenvalue weighted by molar-refractivity contribution is -0.160. The third-order valence-corrected chi connectivity index (χ3v) is 8.05. The number of hydrogen-bond acceptors (Lipinski definition) is 7. The van der Waals surface area contributed by atoms with Crippen molar-refractivity contribution in [3.63, 3.8) is 0 Å². The summed E-state index contributed by atoms with van der Waals surface area (Å²) in [5, 5.41) is 16.2. The van der Waals surface area contributed by atoms with E-state index in [9.17, 15) is 23.2 Å². The molecule has 1 aliphatic heterocycles. The first-order valence-corrected chi connectivity index (χ1v) is 13.6. The van der Waals surface area contributed by atoms with E-state index < -0.39 is 49.1 Å². The maximum atomic E-state index is 13.2. The summed E-state index contributed by atoms with van der Waals surface area (Å²) in [7, 11) is 0. The van der Waals surface area contributed by atoms with Crippen molar-refractivity contribution in [3.8, 4) is 0 Å². The van der Waals surface area contributed by atoms with Gasteiger partial charge in [-0.1, -0.05) is 18.2 Å². The largest absolute Gasteiger partial charge is 0.456 e. The molecule has 2 aromatic heterocycles. The summed E-state index contributed by atoms with van der Waals surface area (Å²) >= 11 is 1.30. The number of nitrogens with two attached hydrogens (primary N) is 1. The van der Waals surface area contributed by atoms with Gasteiger partial charge in [0.1, 0.15) is 23.0 Å². The summed E-state index contributed by atoms with van der Waals surface area (Å²) in [6, 6.07) is 12.4. The first kappa shape index (κ1) is 28.2. The Bertz CT molecular complexity index is 1640. The summed E-state index contributed by atoms with van der Waals surface area (Å²) in [6.07, 6.45) is -1.18. The molecule has 1 saturated heterocycles. The second-order valence-corrected chi connectivity index (χ2v) is 10.6. The highest BCUT2D eigenvalue weighted by atomic mass is 32.1. The smallest absolute Gasteiger partial charge is 0.345 e. The molecule has 5 N–H and O–H groups in total. The molecule has 0 bridgehead atoms. The van der Waals surface area contributed by atoms with E-state index in [0.717, 1.165) is 20.5 Å². The number of carbonyl (C=O) groups is 3. The third-order valence-electron chi connectivity index (χ3n) is 6.94. The number of amides is 3. The maximum Gasteiger partial charge on any atom is 0.345 e.